The van der Waals surface area contributed by atoms with E-state index < -0.39 is 0 Å². The highest BCUT2D eigenvalue weighted by atomic mass is 79.9. The lowest BCUT2D eigenvalue weighted by molar-refractivity contribution is -0.121. The van der Waals surface area contributed by atoms with E-state index in [0.717, 1.165) is 20.7 Å². The van der Waals surface area contributed by atoms with Gasteiger partial charge in [0.15, 0.2) is 5.13 Å². The zero-order valence-electron chi connectivity index (χ0n) is 16.5. The van der Waals surface area contributed by atoms with Crippen molar-refractivity contribution in [1.29, 1.82) is 0 Å². The van der Waals surface area contributed by atoms with E-state index in [4.69, 9.17) is 0 Å². The number of anilines is 1. The fourth-order valence-electron chi connectivity index (χ4n) is 3.51. The maximum Gasteiger partial charge on any atom is 0.253 e. The molecule has 0 radical (unpaired) electrons. The van der Waals surface area contributed by atoms with Crippen molar-refractivity contribution in [3.8, 4) is 10.6 Å². The van der Waals surface area contributed by atoms with Crippen molar-refractivity contribution in [1.82, 2.24) is 14.9 Å². The number of amides is 2. The van der Waals surface area contributed by atoms with Crippen LogP contribution in [0, 0.1) is 12.8 Å². The van der Waals surface area contributed by atoms with Crippen molar-refractivity contribution in [3.63, 3.8) is 0 Å². The number of aromatic nitrogens is 2. The smallest absolute Gasteiger partial charge is 0.253 e. The molecule has 1 N–H and O–H groups in total. The van der Waals surface area contributed by atoms with E-state index in [1.54, 1.807) is 6.20 Å². The molecule has 1 aliphatic heterocycles. The molecule has 0 saturated carbocycles. The number of likely N-dealkylation sites (tertiary alicyclic amines) is 1. The monoisotopic (exact) mass is 484 g/mol. The Kier molecular flexibility index (Phi) is 6.24. The van der Waals surface area contributed by atoms with Gasteiger partial charge in [-0.05, 0) is 56.2 Å². The average Bonchev–Trinajstić information content (AvgIpc) is 3.14. The van der Waals surface area contributed by atoms with E-state index in [1.165, 1.54) is 11.3 Å². The Morgan fingerprint density at radius 3 is 2.53 bits per heavy atom. The number of rotatable bonds is 4. The summed E-state index contributed by atoms with van der Waals surface area (Å²) in [6, 6.07) is 13.1. The van der Waals surface area contributed by atoms with Gasteiger partial charge < -0.3 is 10.2 Å². The molecule has 1 saturated heterocycles. The van der Waals surface area contributed by atoms with Gasteiger partial charge >= 0.3 is 0 Å². The predicted octanol–water partition coefficient (Wildman–Crippen LogP) is 4.77. The van der Waals surface area contributed by atoms with Gasteiger partial charge in [-0.1, -0.05) is 33.3 Å². The molecule has 0 unspecified atom stereocenters. The van der Waals surface area contributed by atoms with Gasteiger partial charge in [0, 0.05) is 35.2 Å². The first-order valence-corrected chi connectivity index (χ1v) is 11.4. The van der Waals surface area contributed by atoms with E-state index in [2.05, 4.69) is 31.2 Å². The summed E-state index contributed by atoms with van der Waals surface area (Å²) in [5.41, 5.74) is 2.37. The quantitative estimate of drug-likeness (QED) is 0.578. The molecule has 1 aromatic carbocycles. The van der Waals surface area contributed by atoms with Crippen molar-refractivity contribution in [3.05, 3.63) is 64.4 Å². The number of piperidine rings is 1. The molecular formula is C22H21BrN4O2S. The molecule has 1 aliphatic rings. The molecule has 3 heterocycles. The van der Waals surface area contributed by atoms with Crippen molar-refractivity contribution in [2.45, 2.75) is 19.8 Å². The second-order valence-electron chi connectivity index (χ2n) is 7.21. The summed E-state index contributed by atoms with van der Waals surface area (Å²) in [6.07, 6.45) is 3.03. The number of hydrogen-bond acceptors (Lipinski definition) is 5. The number of aryl methyl sites for hydroxylation is 1. The first-order valence-electron chi connectivity index (χ1n) is 9.76. The molecular weight excluding hydrogens is 464 g/mol. The summed E-state index contributed by atoms with van der Waals surface area (Å²) >= 11 is 4.82. The lowest BCUT2D eigenvalue weighted by atomic mass is 9.95. The summed E-state index contributed by atoms with van der Waals surface area (Å²) in [5, 5.41) is 3.55. The number of carbonyl (C=O) groups is 2. The Morgan fingerprint density at radius 2 is 1.87 bits per heavy atom. The molecule has 154 valence electrons. The van der Waals surface area contributed by atoms with Gasteiger partial charge in [-0.3, -0.25) is 14.6 Å². The topological polar surface area (TPSA) is 75.2 Å². The minimum Gasteiger partial charge on any atom is -0.339 e. The summed E-state index contributed by atoms with van der Waals surface area (Å²) in [5.74, 6) is -0.148. The van der Waals surface area contributed by atoms with Gasteiger partial charge in [0.05, 0.1) is 16.3 Å². The molecule has 2 aromatic heterocycles. The van der Waals surface area contributed by atoms with Gasteiger partial charge in [-0.15, -0.1) is 0 Å². The molecule has 4 rings (SSSR count). The Labute approximate surface area is 187 Å². The van der Waals surface area contributed by atoms with E-state index in [1.807, 2.05) is 54.3 Å². The van der Waals surface area contributed by atoms with E-state index in [9.17, 15) is 9.59 Å². The molecule has 30 heavy (non-hydrogen) atoms. The second-order valence-corrected chi connectivity index (χ2v) is 9.13. The number of hydrogen-bond donors (Lipinski definition) is 1. The van der Waals surface area contributed by atoms with Crippen LogP contribution in [0.5, 0.6) is 0 Å². The van der Waals surface area contributed by atoms with Crippen molar-refractivity contribution in [2.75, 3.05) is 18.4 Å². The second kappa shape index (κ2) is 9.06. The van der Waals surface area contributed by atoms with Crippen LogP contribution in [-0.2, 0) is 4.79 Å². The molecule has 3 aromatic rings. The van der Waals surface area contributed by atoms with Crippen LogP contribution in [0.4, 0.5) is 5.13 Å². The van der Waals surface area contributed by atoms with Gasteiger partial charge in [-0.25, -0.2) is 4.98 Å². The van der Waals surface area contributed by atoms with Crippen LogP contribution >= 0.6 is 27.3 Å². The predicted molar refractivity (Wildman–Crippen MR) is 121 cm³/mol. The molecule has 6 nitrogen and oxygen atoms in total. The summed E-state index contributed by atoms with van der Waals surface area (Å²) < 4.78 is 0.943. The van der Waals surface area contributed by atoms with Crippen LogP contribution in [-0.4, -0.2) is 39.8 Å². The highest BCUT2D eigenvalue weighted by molar-refractivity contribution is 9.10. The third kappa shape index (κ3) is 4.60. The Bertz CT molecular complexity index is 1040. The largest absolute Gasteiger partial charge is 0.339 e. The summed E-state index contributed by atoms with van der Waals surface area (Å²) in [7, 11) is 0. The van der Waals surface area contributed by atoms with Crippen LogP contribution in [0.2, 0.25) is 0 Å². The molecule has 0 spiro atoms. The van der Waals surface area contributed by atoms with Crippen LogP contribution in [0.1, 0.15) is 28.9 Å². The zero-order valence-corrected chi connectivity index (χ0v) is 18.9. The molecule has 2 amide bonds. The Hall–Kier alpha value is -2.58. The van der Waals surface area contributed by atoms with E-state index >= 15 is 0 Å². The number of halogens is 1. The number of carbonyl (C=O) groups excluding carboxylic acids is 2. The van der Waals surface area contributed by atoms with Gasteiger partial charge in [-0.2, -0.15) is 0 Å². The van der Waals surface area contributed by atoms with E-state index in [0.29, 0.717) is 36.6 Å². The maximum atomic E-state index is 12.7. The standard InChI is InChI=1S/C22H21BrN4O2S/c1-14-19(18-4-2-3-11-24-18)30-22(25-14)26-20(28)15-9-12-27(13-10-15)21(29)16-5-7-17(23)8-6-16/h2-8,11,15H,9-10,12-13H2,1H3,(H,25,26,28). The number of nitrogens with zero attached hydrogens (tertiary/aromatic N) is 3. The fraction of sp³-hybridized carbons (Fsp3) is 0.273. The minimum absolute atomic E-state index is 0.0110. The van der Waals surface area contributed by atoms with Crippen LogP contribution in [0.25, 0.3) is 10.6 Å². The lowest BCUT2D eigenvalue weighted by Crippen LogP contribution is -2.41. The number of nitrogens with one attached hydrogen (secondary N) is 1. The van der Waals surface area contributed by atoms with Gasteiger partial charge in [0.2, 0.25) is 5.91 Å². The number of benzene rings is 1. The van der Waals surface area contributed by atoms with Crippen molar-refractivity contribution < 1.29 is 9.59 Å². The van der Waals surface area contributed by atoms with Crippen LogP contribution < -0.4 is 5.32 Å². The molecule has 1 fully saturated rings. The minimum atomic E-state index is -0.124. The Morgan fingerprint density at radius 1 is 1.13 bits per heavy atom. The molecule has 0 bridgehead atoms. The Balaban J connectivity index is 1.35. The van der Waals surface area contributed by atoms with Crippen molar-refractivity contribution in [2.24, 2.45) is 5.92 Å². The zero-order chi connectivity index (χ0) is 21.1. The lowest BCUT2D eigenvalue weighted by Gasteiger charge is -2.31. The van der Waals surface area contributed by atoms with Gasteiger partial charge in [0.1, 0.15) is 0 Å². The fourth-order valence-corrected chi connectivity index (χ4v) is 4.72. The first-order chi connectivity index (χ1) is 14.5. The third-order valence-corrected chi connectivity index (χ3v) is 6.79. The van der Waals surface area contributed by atoms with Crippen molar-refractivity contribution >= 4 is 44.2 Å². The molecule has 0 atom stereocenters. The van der Waals surface area contributed by atoms with Gasteiger partial charge in [0.25, 0.3) is 5.91 Å². The highest BCUT2D eigenvalue weighted by Crippen LogP contribution is 2.32. The number of thiazole rings is 1. The maximum absolute atomic E-state index is 12.7. The average molecular weight is 485 g/mol. The number of pyridine rings is 1. The normalized spacial score (nSPS) is 14.5. The van der Waals surface area contributed by atoms with Crippen LogP contribution in [0.3, 0.4) is 0 Å². The van der Waals surface area contributed by atoms with E-state index in [-0.39, 0.29) is 17.7 Å². The third-order valence-electron chi connectivity index (χ3n) is 5.17. The highest BCUT2D eigenvalue weighted by Gasteiger charge is 2.28. The summed E-state index contributed by atoms with van der Waals surface area (Å²) in [4.78, 5) is 37.0. The SMILES string of the molecule is Cc1nc(NC(=O)C2CCN(C(=O)c3ccc(Br)cc3)CC2)sc1-c1ccccn1. The summed E-state index contributed by atoms with van der Waals surface area (Å²) in [6.45, 7) is 3.06. The molecule has 0 aliphatic carbocycles. The first kappa shape index (κ1) is 20.7. The van der Waals surface area contributed by atoms with Crippen LogP contribution in [0.15, 0.2) is 53.1 Å². The molecule has 8 heteroatoms.